The van der Waals surface area contributed by atoms with Crippen LogP contribution in [0.4, 0.5) is 0 Å². The van der Waals surface area contributed by atoms with Crippen LogP contribution in [0.5, 0.6) is 5.75 Å². The molecule has 5 heteroatoms. The number of hydrogen-bond acceptors (Lipinski definition) is 2. The van der Waals surface area contributed by atoms with Gasteiger partial charge in [-0.15, -0.1) is 0 Å². The molecule has 0 aliphatic carbocycles. The SMILES string of the molecule is CCCn1ccn(Cc2cc(Cl)ccc2OC)c1=O. The van der Waals surface area contributed by atoms with Gasteiger partial charge in [-0.2, -0.15) is 0 Å². The van der Waals surface area contributed by atoms with Gasteiger partial charge in [0.25, 0.3) is 0 Å². The largest absolute Gasteiger partial charge is 0.496 e. The number of hydrogen-bond donors (Lipinski definition) is 0. The summed E-state index contributed by atoms with van der Waals surface area (Å²) in [4.78, 5) is 12.1. The minimum atomic E-state index is -0.0103. The molecule has 0 atom stereocenters. The predicted octanol–water partition coefficient (Wildman–Crippen LogP) is 2.77. The molecule has 0 bridgehead atoms. The summed E-state index contributed by atoms with van der Waals surface area (Å²) >= 11 is 5.99. The summed E-state index contributed by atoms with van der Waals surface area (Å²) in [6.07, 6.45) is 4.53. The Labute approximate surface area is 117 Å². The minimum absolute atomic E-state index is 0.0103. The van der Waals surface area contributed by atoms with Crippen LogP contribution in [0.2, 0.25) is 5.02 Å². The van der Waals surface area contributed by atoms with Crippen LogP contribution in [0.25, 0.3) is 0 Å². The van der Waals surface area contributed by atoms with E-state index < -0.39 is 0 Å². The van der Waals surface area contributed by atoms with Crippen LogP contribution in [0.15, 0.2) is 35.4 Å². The van der Waals surface area contributed by atoms with Crippen molar-refractivity contribution in [2.24, 2.45) is 0 Å². The normalized spacial score (nSPS) is 10.7. The summed E-state index contributed by atoms with van der Waals surface area (Å²) < 4.78 is 8.65. The van der Waals surface area contributed by atoms with E-state index in [9.17, 15) is 4.79 Å². The van der Waals surface area contributed by atoms with E-state index in [1.165, 1.54) is 0 Å². The Balaban J connectivity index is 2.31. The summed E-state index contributed by atoms with van der Waals surface area (Å²) in [6, 6.07) is 5.41. The molecule has 0 fully saturated rings. The zero-order chi connectivity index (χ0) is 13.8. The lowest BCUT2D eigenvalue weighted by molar-refractivity contribution is 0.408. The lowest BCUT2D eigenvalue weighted by Gasteiger charge is -2.09. The maximum Gasteiger partial charge on any atom is 0.328 e. The van der Waals surface area contributed by atoms with E-state index in [1.807, 2.05) is 25.3 Å². The minimum Gasteiger partial charge on any atom is -0.496 e. The van der Waals surface area contributed by atoms with Crippen molar-refractivity contribution in [2.45, 2.75) is 26.4 Å². The highest BCUT2D eigenvalue weighted by Crippen LogP contribution is 2.23. The van der Waals surface area contributed by atoms with Crippen molar-refractivity contribution in [3.8, 4) is 5.75 Å². The van der Waals surface area contributed by atoms with Crippen molar-refractivity contribution >= 4 is 11.6 Å². The number of ether oxygens (including phenoxy) is 1. The summed E-state index contributed by atoms with van der Waals surface area (Å²) in [5.74, 6) is 0.736. The van der Waals surface area contributed by atoms with E-state index in [2.05, 4.69) is 0 Å². The molecule has 2 aromatic rings. The van der Waals surface area contributed by atoms with Crippen molar-refractivity contribution in [1.82, 2.24) is 9.13 Å². The Morgan fingerprint density at radius 1 is 1.26 bits per heavy atom. The molecule has 0 saturated heterocycles. The fourth-order valence-electron chi connectivity index (χ4n) is 2.04. The number of benzene rings is 1. The molecule has 0 spiro atoms. The van der Waals surface area contributed by atoms with Gasteiger partial charge in [-0.1, -0.05) is 18.5 Å². The predicted molar refractivity (Wildman–Crippen MR) is 76.1 cm³/mol. The molecule has 0 N–H and O–H groups in total. The van der Waals surface area contributed by atoms with Crippen LogP contribution < -0.4 is 10.4 Å². The number of aryl methyl sites for hydroxylation is 1. The molecule has 1 heterocycles. The molecule has 1 aromatic heterocycles. The van der Waals surface area contributed by atoms with Crippen molar-refractivity contribution in [2.75, 3.05) is 7.11 Å². The summed E-state index contributed by atoms with van der Waals surface area (Å²) in [6.45, 7) is 3.24. The van der Waals surface area contributed by atoms with Gasteiger partial charge in [-0.05, 0) is 24.6 Å². The maximum absolute atomic E-state index is 12.1. The Morgan fingerprint density at radius 2 is 2.00 bits per heavy atom. The number of aromatic nitrogens is 2. The Morgan fingerprint density at radius 3 is 2.68 bits per heavy atom. The first-order valence-corrected chi connectivity index (χ1v) is 6.61. The molecule has 0 aliphatic heterocycles. The lowest BCUT2D eigenvalue weighted by atomic mass is 10.2. The van der Waals surface area contributed by atoms with Crippen LogP contribution in [0.3, 0.4) is 0 Å². The molecule has 0 saturated carbocycles. The number of methoxy groups -OCH3 is 1. The average molecular weight is 281 g/mol. The van der Waals surface area contributed by atoms with Crippen molar-refractivity contribution in [1.29, 1.82) is 0 Å². The number of halogens is 1. The quantitative estimate of drug-likeness (QED) is 0.844. The van der Waals surface area contributed by atoms with Gasteiger partial charge in [-0.25, -0.2) is 4.79 Å². The van der Waals surface area contributed by atoms with E-state index in [1.54, 1.807) is 28.5 Å². The zero-order valence-corrected chi connectivity index (χ0v) is 11.9. The second kappa shape index (κ2) is 5.97. The second-order valence-electron chi connectivity index (χ2n) is 4.36. The maximum atomic E-state index is 12.1. The second-order valence-corrected chi connectivity index (χ2v) is 4.79. The van der Waals surface area contributed by atoms with E-state index in [0.717, 1.165) is 24.3 Å². The van der Waals surface area contributed by atoms with Crippen LogP contribution in [0.1, 0.15) is 18.9 Å². The van der Waals surface area contributed by atoms with Crippen LogP contribution >= 0.6 is 11.6 Å². The average Bonchev–Trinajstić information content (AvgIpc) is 2.73. The van der Waals surface area contributed by atoms with Gasteiger partial charge in [0.2, 0.25) is 0 Å². The smallest absolute Gasteiger partial charge is 0.328 e. The zero-order valence-electron chi connectivity index (χ0n) is 11.1. The summed E-state index contributed by atoms with van der Waals surface area (Å²) in [5, 5.41) is 0.636. The number of rotatable bonds is 5. The van der Waals surface area contributed by atoms with E-state index in [4.69, 9.17) is 16.3 Å². The first-order valence-electron chi connectivity index (χ1n) is 6.23. The van der Waals surface area contributed by atoms with Gasteiger partial charge >= 0.3 is 5.69 Å². The third kappa shape index (κ3) is 3.01. The van der Waals surface area contributed by atoms with Crippen LogP contribution in [0, 0.1) is 0 Å². The van der Waals surface area contributed by atoms with E-state index >= 15 is 0 Å². The third-order valence-corrected chi connectivity index (χ3v) is 3.20. The Kier molecular flexibility index (Phi) is 4.32. The molecule has 1 aromatic carbocycles. The van der Waals surface area contributed by atoms with Crippen molar-refractivity contribution < 1.29 is 4.74 Å². The first kappa shape index (κ1) is 13.7. The highest BCUT2D eigenvalue weighted by Gasteiger charge is 2.08. The molecule has 0 aliphatic rings. The number of nitrogens with zero attached hydrogens (tertiary/aromatic N) is 2. The molecule has 0 amide bonds. The van der Waals surface area contributed by atoms with E-state index in [0.29, 0.717) is 11.6 Å². The Hall–Kier alpha value is -1.68. The highest BCUT2D eigenvalue weighted by atomic mass is 35.5. The van der Waals surface area contributed by atoms with Gasteiger partial charge in [0.1, 0.15) is 5.75 Å². The molecular formula is C14H17ClN2O2. The van der Waals surface area contributed by atoms with Crippen molar-refractivity contribution in [3.05, 3.63) is 51.7 Å². The van der Waals surface area contributed by atoms with Gasteiger partial charge in [0.05, 0.1) is 13.7 Å². The molecule has 2 rings (SSSR count). The molecule has 4 nitrogen and oxygen atoms in total. The van der Waals surface area contributed by atoms with Gasteiger partial charge in [-0.3, -0.25) is 9.13 Å². The molecule has 102 valence electrons. The lowest BCUT2D eigenvalue weighted by Crippen LogP contribution is -2.24. The first-order chi connectivity index (χ1) is 9.15. The van der Waals surface area contributed by atoms with Crippen LogP contribution in [-0.2, 0) is 13.1 Å². The Bertz CT molecular complexity index is 616. The summed E-state index contributed by atoms with van der Waals surface area (Å²) in [7, 11) is 1.61. The van der Waals surface area contributed by atoms with Gasteiger partial charge in [0, 0.05) is 29.5 Å². The van der Waals surface area contributed by atoms with Crippen LogP contribution in [-0.4, -0.2) is 16.2 Å². The standard InChI is InChI=1S/C14H17ClN2O2/c1-3-6-16-7-8-17(14(16)18)10-11-9-12(15)4-5-13(11)19-2/h4-5,7-9H,3,6,10H2,1-2H3. The van der Waals surface area contributed by atoms with Crippen molar-refractivity contribution in [3.63, 3.8) is 0 Å². The van der Waals surface area contributed by atoms with E-state index in [-0.39, 0.29) is 5.69 Å². The van der Waals surface area contributed by atoms with Gasteiger partial charge < -0.3 is 4.74 Å². The third-order valence-electron chi connectivity index (χ3n) is 2.97. The fraction of sp³-hybridized carbons (Fsp3) is 0.357. The highest BCUT2D eigenvalue weighted by molar-refractivity contribution is 6.30. The topological polar surface area (TPSA) is 36.2 Å². The molecule has 0 radical (unpaired) electrons. The molecule has 19 heavy (non-hydrogen) atoms. The molecule has 0 unspecified atom stereocenters. The van der Waals surface area contributed by atoms with Gasteiger partial charge in [0.15, 0.2) is 0 Å². The molecular weight excluding hydrogens is 264 g/mol. The fourth-order valence-corrected chi connectivity index (χ4v) is 2.23. The number of imidazole rings is 1. The summed E-state index contributed by atoms with van der Waals surface area (Å²) in [5.41, 5.74) is 0.884. The monoisotopic (exact) mass is 280 g/mol.